The van der Waals surface area contributed by atoms with Crippen LogP contribution in [-0.2, 0) is 0 Å². The van der Waals surface area contributed by atoms with Crippen molar-refractivity contribution < 1.29 is 0 Å². The molecule has 0 spiro atoms. The van der Waals surface area contributed by atoms with Crippen LogP contribution in [0.25, 0.3) is 0 Å². The van der Waals surface area contributed by atoms with Gasteiger partial charge in [-0.25, -0.2) is 0 Å². The normalized spacial score (nSPS) is 22.1. The van der Waals surface area contributed by atoms with Gasteiger partial charge < -0.3 is 0 Å². The highest BCUT2D eigenvalue weighted by atomic mass is 32.2. The Hall–Kier alpha value is -0.540. The molecule has 0 aliphatic carbocycles. The Kier molecular flexibility index (Phi) is 3.55. The van der Waals surface area contributed by atoms with Crippen LogP contribution in [0.5, 0.6) is 0 Å². The average Bonchev–Trinajstić information content (AvgIpc) is 2.86. The van der Waals surface area contributed by atoms with Gasteiger partial charge in [-0.05, 0) is 33.8 Å². The van der Waals surface area contributed by atoms with Gasteiger partial charge in [0.1, 0.15) is 0 Å². The van der Waals surface area contributed by atoms with E-state index in [0.29, 0.717) is 11.8 Å². The summed E-state index contributed by atoms with van der Waals surface area (Å²) in [5.74, 6) is 1.24. The van der Waals surface area contributed by atoms with Crippen LogP contribution in [0.2, 0.25) is 0 Å². The molecule has 2 heterocycles. The minimum Gasteiger partial charge on any atom is -0.258 e. The lowest BCUT2D eigenvalue weighted by molar-refractivity contribution is 0.814. The lowest BCUT2D eigenvalue weighted by atomic mass is 10.1. The van der Waals surface area contributed by atoms with Crippen molar-refractivity contribution >= 4 is 27.8 Å². The Balaban J connectivity index is 2.24. The van der Waals surface area contributed by atoms with E-state index in [-0.39, 0.29) is 10.9 Å². The lowest BCUT2D eigenvalue weighted by Gasteiger charge is -2.17. The van der Waals surface area contributed by atoms with E-state index >= 15 is 0 Å². The zero-order chi connectivity index (χ0) is 11.7. The number of aliphatic imine (C=N–C) groups is 1. The van der Waals surface area contributed by atoms with Gasteiger partial charge >= 0.3 is 0 Å². The van der Waals surface area contributed by atoms with Crippen molar-refractivity contribution in [3.8, 4) is 0 Å². The van der Waals surface area contributed by atoms with Crippen molar-refractivity contribution in [2.45, 2.75) is 37.8 Å². The number of nitrogens with zero attached hydrogens (tertiary/aromatic N) is 1. The number of thiophene rings is 1. The molecular formula is C13H19NS2. The zero-order valence-corrected chi connectivity index (χ0v) is 12.0. The average molecular weight is 253 g/mol. The quantitative estimate of drug-likeness (QED) is 0.745. The van der Waals surface area contributed by atoms with E-state index in [0.717, 1.165) is 0 Å². The first-order chi connectivity index (χ1) is 7.59. The minimum absolute atomic E-state index is 0.259. The smallest absolute Gasteiger partial charge is 0.0491 e. The zero-order valence-electron chi connectivity index (χ0n) is 10.3. The van der Waals surface area contributed by atoms with Gasteiger partial charge in [0.05, 0.1) is 0 Å². The third-order valence-corrected chi connectivity index (χ3v) is 6.58. The Labute approximate surface area is 105 Å². The van der Waals surface area contributed by atoms with Gasteiger partial charge in [-0.15, -0.1) is 11.3 Å². The summed E-state index contributed by atoms with van der Waals surface area (Å²) in [5.41, 5.74) is 3.60. The molecule has 88 valence electrons. The first-order valence-electron chi connectivity index (χ1n) is 5.70. The molecule has 3 heteroatoms. The van der Waals surface area contributed by atoms with Gasteiger partial charge in [0.15, 0.2) is 0 Å². The molecule has 0 radical (unpaired) electrons. The summed E-state index contributed by atoms with van der Waals surface area (Å²) in [5, 5.41) is 2.30. The van der Waals surface area contributed by atoms with Crippen LogP contribution in [0, 0.1) is 5.92 Å². The van der Waals surface area contributed by atoms with Crippen molar-refractivity contribution in [3.63, 3.8) is 0 Å². The molecule has 16 heavy (non-hydrogen) atoms. The Morgan fingerprint density at radius 3 is 2.50 bits per heavy atom. The van der Waals surface area contributed by atoms with E-state index in [1.165, 1.54) is 14.7 Å². The Morgan fingerprint density at radius 2 is 1.94 bits per heavy atom. The summed E-state index contributed by atoms with van der Waals surface area (Å²) < 4.78 is 1.50. The van der Waals surface area contributed by atoms with E-state index in [9.17, 15) is 0 Å². The second kappa shape index (κ2) is 4.76. The summed E-state index contributed by atoms with van der Waals surface area (Å²) in [6, 6.07) is 2.37. The SMILES string of the molecule is CC(C)C1=CN=C[SH]1c1cc(C(C)C)cs1. The highest BCUT2D eigenvalue weighted by molar-refractivity contribution is 8.32. The number of hydrogen-bond acceptors (Lipinski definition) is 2. The van der Waals surface area contributed by atoms with Crippen molar-refractivity contribution in [3.05, 3.63) is 28.1 Å². The van der Waals surface area contributed by atoms with Gasteiger partial charge in [-0.1, -0.05) is 27.7 Å². The maximum absolute atomic E-state index is 4.35. The van der Waals surface area contributed by atoms with Crippen LogP contribution < -0.4 is 0 Å². The molecule has 1 aromatic rings. The molecule has 0 amide bonds. The molecule has 1 nitrogen and oxygen atoms in total. The lowest BCUT2D eigenvalue weighted by Crippen LogP contribution is -1.92. The van der Waals surface area contributed by atoms with Crippen LogP contribution in [0.15, 0.2) is 31.8 Å². The highest BCUT2D eigenvalue weighted by Crippen LogP contribution is 2.50. The number of hydrogen-bond donors (Lipinski definition) is 1. The van der Waals surface area contributed by atoms with Crippen molar-refractivity contribution in [2.75, 3.05) is 0 Å². The van der Waals surface area contributed by atoms with E-state index in [4.69, 9.17) is 0 Å². The van der Waals surface area contributed by atoms with Gasteiger partial charge in [0, 0.05) is 16.0 Å². The van der Waals surface area contributed by atoms with Crippen LogP contribution in [0.1, 0.15) is 39.2 Å². The molecule has 2 rings (SSSR count). The fraction of sp³-hybridized carbons (Fsp3) is 0.462. The molecule has 1 aromatic heterocycles. The summed E-state index contributed by atoms with van der Waals surface area (Å²) in [7, 11) is -0.259. The highest BCUT2D eigenvalue weighted by Gasteiger charge is 2.19. The van der Waals surface area contributed by atoms with Crippen molar-refractivity contribution in [1.29, 1.82) is 0 Å². The standard InChI is InChI=1S/C13H19NS2/c1-9(2)11-5-13(15-7-11)16-8-14-6-12(16)10(3)4/h5-10,16H,1-4H3. The molecule has 0 fully saturated rings. The van der Waals surface area contributed by atoms with E-state index in [1.54, 1.807) is 0 Å². The molecule has 0 bridgehead atoms. The molecule has 1 unspecified atom stereocenters. The predicted molar refractivity (Wildman–Crippen MR) is 77.1 cm³/mol. The molecule has 1 aliphatic rings. The van der Waals surface area contributed by atoms with Crippen molar-refractivity contribution in [2.24, 2.45) is 10.9 Å². The van der Waals surface area contributed by atoms with Gasteiger partial charge in [-0.3, -0.25) is 4.99 Å². The van der Waals surface area contributed by atoms with Crippen LogP contribution >= 0.6 is 22.2 Å². The Bertz CT molecular complexity index is 427. The van der Waals surface area contributed by atoms with E-state index < -0.39 is 0 Å². The van der Waals surface area contributed by atoms with E-state index in [2.05, 4.69) is 55.9 Å². The van der Waals surface area contributed by atoms with Crippen LogP contribution in [0.4, 0.5) is 0 Å². The summed E-state index contributed by atoms with van der Waals surface area (Å²) in [6.45, 7) is 9.02. The van der Waals surface area contributed by atoms with Crippen LogP contribution in [0.3, 0.4) is 0 Å². The maximum atomic E-state index is 4.35. The second-order valence-corrected chi connectivity index (χ2v) is 7.90. The molecule has 1 aliphatic heterocycles. The first-order valence-corrected chi connectivity index (χ1v) is 7.99. The monoisotopic (exact) mass is 253 g/mol. The topological polar surface area (TPSA) is 12.4 Å². The molecule has 0 saturated heterocycles. The number of allylic oxidation sites excluding steroid dienone is 1. The first kappa shape index (κ1) is 11.9. The Morgan fingerprint density at radius 1 is 1.19 bits per heavy atom. The molecule has 0 N–H and O–H groups in total. The van der Waals surface area contributed by atoms with Gasteiger partial charge in [0.2, 0.25) is 0 Å². The third-order valence-electron chi connectivity index (χ3n) is 2.77. The molecular weight excluding hydrogens is 234 g/mol. The number of rotatable bonds is 3. The van der Waals surface area contributed by atoms with E-state index in [1.807, 2.05) is 11.3 Å². The molecule has 0 aromatic carbocycles. The number of thiol groups is 1. The molecule has 0 saturated carbocycles. The fourth-order valence-corrected chi connectivity index (χ4v) is 5.29. The summed E-state index contributed by atoms with van der Waals surface area (Å²) in [4.78, 5) is 5.85. The van der Waals surface area contributed by atoms with Crippen molar-refractivity contribution in [1.82, 2.24) is 0 Å². The maximum Gasteiger partial charge on any atom is 0.0491 e. The van der Waals surface area contributed by atoms with Gasteiger partial charge in [0.25, 0.3) is 0 Å². The second-order valence-electron chi connectivity index (χ2n) is 4.72. The largest absolute Gasteiger partial charge is 0.258 e. The fourth-order valence-electron chi connectivity index (χ4n) is 1.68. The summed E-state index contributed by atoms with van der Waals surface area (Å²) in [6.07, 6.45) is 2.06. The predicted octanol–water partition coefficient (Wildman–Crippen LogP) is 4.77. The molecule has 1 atom stereocenters. The van der Waals surface area contributed by atoms with Gasteiger partial charge in [-0.2, -0.15) is 10.9 Å². The summed E-state index contributed by atoms with van der Waals surface area (Å²) >= 11 is 1.89. The third kappa shape index (κ3) is 2.25. The van der Waals surface area contributed by atoms with Crippen LogP contribution in [-0.4, -0.2) is 5.55 Å². The minimum atomic E-state index is -0.259.